The van der Waals surface area contributed by atoms with E-state index in [2.05, 4.69) is 10.6 Å². The van der Waals surface area contributed by atoms with Crippen LogP contribution < -0.4 is 21.9 Å². The summed E-state index contributed by atoms with van der Waals surface area (Å²) in [7, 11) is 0. The number of halogens is 2. The smallest absolute Gasteiger partial charge is 0.332 e. The van der Waals surface area contributed by atoms with E-state index in [1.54, 1.807) is 29.6 Å². The number of fused-ring (bicyclic) bond motifs is 1. The van der Waals surface area contributed by atoms with Crippen LogP contribution in [0.25, 0.3) is 10.2 Å². The van der Waals surface area contributed by atoms with E-state index >= 15 is 0 Å². The number of carbonyl (C=O) groups excluding carboxylic acids is 2. The van der Waals surface area contributed by atoms with E-state index in [9.17, 15) is 19.2 Å². The number of hydrogen-bond donors (Lipinski definition) is 2. The lowest BCUT2D eigenvalue weighted by molar-refractivity contribution is -0.122. The molecule has 0 fully saturated rings. The van der Waals surface area contributed by atoms with E-state index in [0.29, 0.717) is 16.3 Å². The lowest BCUT2D eigenvalue weighted by Gasteiger charge is -2.13. The molecule has 170 valence electrons. The molecular formula is C21H16Cl2N4O5S. The van der Waals surface area contributed by atoms with Crippen LogP contribution in [0.5, 0.6) is 0 Å². The Morgan fingerprint density at radius 1 is 1.03 bits per heavy atom. The minimum Gasteiger partial charge on any atom is -0.467 e. The van der Waals surface area contributed by atoms with E-state index in [1.807, 2.05) is 0 Å². The Morgan fingerprint density at radius 2 is 1.82 bits per heavy atom. The first kappa shape index (κ1) is 22.8. The van der Waals surface area contributed by atoms with Crippen LogP contribution in [0.4, 0.5) is 5.69 Å². The van der Waals surface area contributed by atoms with Gasteiger partial charge in [0.05, 0.1) is 29.0 Å². The van der Waals surface area contributed by atoms with Gasteiger partial charge in [0.15, 0.2) is 0 Å². The first-order valence-corrected chi connectivity index (χ1v) is 11.2. The Kier molecular flexibility index (Phi) is 6.68. The third-order valence-electron chi connectivity index (χ3n) is 4.68. The van der Waals surface area contributed by atoms with Crippen molar-refractivity contribution in [2.75, 3.05) is 5.32 Å². The van der Waals surface area contributed by atoms with Gasteiger partial charge in [0.25, 0.3) is 5.56 Å². The standard InChI is InChI=1S/C21H16Cl2N4O5S/c22-12-3-4-14(23)15(8-12)25-18(29)11-26-16-5-7-33-19(16)20(30)27(21(26)31)10-17(28)24-9-13-2-1-6-32-13/h1-8H,9-11H2,(H,24,28)(H,25,29). The first-order chi connectivity index (χ1) is 15.8. The fraction of sp³-hybridized carbons (Fsp3) is 0.143. The number of carbonyl (C=O) groups is 2. The number of benzene rings is 1. The van der Waals surface area contributed by atoms with E-state index in [-0.39, 0.29) is 22.0 Å². The van der Waals surface area contributed by atoms with Gasteiger partial charge in [-0.3, -0.25) is 19.0 Å². The molecule has 0 aliphatic heterocycles. The van der Waals surface area contributed by atoms with Gasteiger partial charge < -0.3 is 15.1 Å². The molecule has 0 spiro atoms. The van der Waals surface area contributed by atoms with Crippen LogP contribution in [-0.2, 0) is 29.2 Å². The van der Waals surface area contributed by atoms with E-state index < -0.39 is 36.2 Å². The van der Waals surface area contributed by atoms with Gasteiger partial charge in [-0.25, -0.2) is 9.36 Å². The Morgan fingerprint density at radius 3 is 2.58 bits per heavy atom. The SMILES string of the molecule is O=C(Cn1c(=O)c2sccc2n(CC(=O)Nc2cc(Cl)ccc2Cl)c1=O)NCc1ccco1. The second kappa shape index (κ2) is 9.65. The zero-order valence-corrected chi connectivity index (χ0v) is 19.2. The van der Waals surface area contributed by atoms with Crippen molar-refractivity contribution in [3.63, 3.8) is 0 Å². The molecule has 4 rings (SSSR count). The first-order valence-electron chi connectivity index (χ1n) is 9.58. The van der Waals surface area contributed by atoms with Gasteiger partial charge in [0.1, 0.15) is 23.5 Å². The van der Waals surface area contributed by atoms with Crippen LogP contribution in [-0.4, -0.2) is 20.9 Å². The summed E-state index contributed by atoms with van der Waals surface area (Å²) >= 11 is 13.1. The number of furan rings is 1. The average molecular weight is 507 g/mol. The zero-order valence-electron chi connectivity index (χ0n) is 16.8. The van der Waals surface area contributed by atoms with Crippen LogP contribution in [0.15, 0.2) is 62.0 Å². The van der Waals surface area contributed by atoms with Gasteiger partial charge in [0, 0.05) is 5.02 Å². The molecule has 1 aromatic carbocycles. The highest BCUT2D eigenvalue weighted by Crippen LogP contribution is 2.25. The summed E-state index contributed by atoms with van der Waals surface area (Å²) in [6, 6.07) is 9.52. The van der Waals surface area contributed by atoms with E-state index in [1.165, 1.54) is 18.4 Å². The molecule has 3 heterocycles. The maximum atomic E-state index is 13.1. The number of rotatable bonds is 7. The van der Waals surface area contributed by atoms with Crippen molar-refractivity contribution in [2.45, 2.75) is 19.6 Å². The van der Waals surface area contributed by atoms with Crippen LogP contribution in [0.3, 0.4) is 0 Å². The van der Waals surface area contributed by atoms with Gasteiger partial charge in [-0.15, -0.1) is 11.3 Å². The number of nitrogens with one attached hydrogen (secondary N) is 2. The van der Waals surface area contributed by atoms with E-state index in [0.717, 1.165) is 20.5 Å². The van der Waals surface area contributed by atoms with Crippen LogP contribution in [0.1, 0.15) is 5.76 Å². The zero-order chi connectivity index (χ0) is 23.5. The fourth-order valence-corrected chi connectivity index (χ4v) is 4.33. The number of hydrogen-bond acceptors (Lipinski definition) is 6. The fourth-order valence-electron chi connectivity index (χ4n) is 3.15. The third-order valence-corrected chi connectivity index (χ3v) is 6.14. The minimum atomic E-state index is -0.786. The second-order valence-electron chi connectivity index (χ2n) is 6.92. The summed E-state index contributed by atoms with van der Waals surface area (Å²) in [5.74, 6) is -0.581. The number of aromatic nitrogens is 2. The van der Waals surface area contributed by atoms with Crippen molar-refractivity contribution in [2.24, 2.45) is 0 Å². The maximum Gasteiger partial charge on any atom is 0.332 e. The summed E-state index contributed by atoms with van der Waals surface area (Å²) in [5, 5.41) is 7.48. The molecule has 12 heteroatoms. The minimum absolute atomic E-state index is 0.110. The molecule has 33 heavy (non-hydrogen) atoms. The molecule has 4 aromatic rings. The summed E-state index contributed by atoms with van der Waals surface area (Å²) in [6.45, 7) is -0.796. The van der Waals surface area contributed by atoms with Crippen molar-refractivity contribution >= 4 is 62.3 Å². The summed E-state index contributed by atoms with van der Waals surface area (Å²) in [5.41, 5.74) is -0.803. The predicted molar refractivity (Wildman–Crippen MR) is 126 cm³/mol. The van der Waals surface area contributed by atoms with Gasteiger partial charge in [0.2, 0.25) is 11.8 Å². The van der Waals surface area contributed by atoms with Crippen molar-refractivity contribution in [3.05, 3.63) is 84.7 Å². The van der Waals surface area contributed by atoms with Crippen molar-refractivity contribution in [1.82, 2.24) is 14.5 Å². The largest absolute Gasteiger partial charge is 0.467 e. The molecule has 0 saturated heterocycles. The van der Waals surface area contributed by atoms with Gasteiger partial charge in [-0.05, 0) is 41.8 Å². The molecule has 0 unspecified atom stereocenters. The lowest BCUT2D eigenvalue weighted by atomic mass is 10.3. The topological polar surface area (TPSA) is 115 Å². The summed E-state index contributed by atoms with van der Waals surface area (Å²) < 4.78 is 7.34. The normalized spacial score (nSPS) is 11.0. The van der Waals surface area contributed by atoms with Crippen molar-refractivity contribution in [1.29, 1.82) is 0 Å². The Hall–Kier alpha value is -3.34. The lowest BCUT2D eigenvalue weighted by Crippen LogP contribution is -2.44. The number of anilines is 1. The highest BCUT2D eigenvalue weighted by atomic mass is 35.5. The second-order valence-corrected chi connectivity index (χ2v) is 8.68. The molecule has 0 radical (unpaired) electrons. The van der Waals surface area contributed by atoms with Gasteiger partial charge >= 0.3 is 5.69 Å². The molecule has 2 amide bonds. The highest BCUT2D eigenvalue weighted by molar-refractivity contribution is 7.17. The molecule has 0 aliphatic rings. The molecule has 0 saturated carbocycles. The van der Waals surface area contributed by atoms with Crippen LogP contribution in [0.2, 0.25) is 10.0 Å². The Bertz CT molecular complexity index is 1460. The van der Waals surface area contributed by atoms with Crippen LogP contribution >= 0.6 is 34.5 Å². The number of nitrogens with zero attached hydrogens (tertiary/aromatic N) is 2. The summed E-state index contributed by atoms with van der Waals surface area (Å²) in [6.07, 6.45) is 1.47. The van der Waals surface area contributed by atoms with Crippen molar-refractivity contribution < 1.29 is 14.0 Å². The molecule has 0 aliphatic carbocycles. The monoisotopic (exact) mass is 506 g/mol. The van der Waals surface area contributed by atoms with Gasteiger partial charge in [-0.1, -0.05) is 23.2 Å². The van der Waals surface area contributed by atoms with E-state index in [4.69, 9.17) is 27.6 Å². The number of amides is 2. The highest BCUT2D eigenvalue weighted by Gasteiger charge is 2.19. The molecular weight excluding hydrogens is 491 g/mol. The Balaban J connectivity index is 1.60. The quantitative estimate of drug-likeness (QED) is 0.399. The molecule has 0 bridgehead atoms. The molecule has 2 N–H and O–H groups in total. The van der Waals surface area contributed by atoms with Gasteiger partial charge in [-0.2, -0.15) is 0 Å². The Labute approximate surface area is 200 Å². The molecule has 0 atom stereocenters. The molecule has 9 nitrogen and oxygen atoms in total. The molecule has 3 aromatic heterocycles. The van der Waals surface area contributed by atoms with Crippen molar-refractivity contribution in [3.8, 4) is 0 Å². The third kappa shape index (κ3) is 5.03. The van der Waals surface area contributed by atoms with Crippen LogP contribution in [0, 0.1) is 0 Å². The maximum absolute atomic E-state index is 13.1. The predicted octanol–water partition coefficient (Wildman–Crippen LogP) is 3.08. The summed E-state index contributed by atoms with van der Waals surface area (Å²) in [4.78, 5) is 50.9. The average Bonchev–Trinajstić information content (AvgIpc) is 3.47. The number of thiophene rings is 1.